The normalized spacial score (nSPS) is 11.7. The Morgan fingerprint density at radius 2 is 1.85 bits per heavy atom. The molecule has 0 radical (unpaired) electrons. The highest BCUT2D eigenvalue weighted by molar-refractivity contribution is 8.00. The summed E-state index contributed by atoms with van der Waals surface area (Å²) in [4.78, 5) is 26.9. The largest absolute Gasteiger partial charge is 0.325 e. The van der Waals surface area contributed by atoms with Crippen molar-refractivity contribution in [3.05, 3.63) is 87.9 Å². The third kappa shape index (κ3) is 5.05. The summed E-state index contributed by atoms with van der Waals surface area (Å²) in [6.45, 7) is 1.66. The lowest BCUT2D eigenvalue weighted by Gasteiger charge is -2.14. The predicted octanol–water partition coefficient (Wildman–Crippen LogP) is 5.15. The van der Waals surface area contributed by atoms with E-state index in [0.29, 0.717) is 16.0 Å². The number of benzene rings is 2. The smallest absolute Gasteiger partial charge is 0.306 e. The zero-order chi connectivity index (χ0) is 24.2. The Morgan fingerprint density at radius 1 is 1.15 bits per heavy atom. The van der Waals surface area contributed by atoms with Gasteiger partial charge in [0.05, 0.1) is 10.2 Å². The van der Waals surface area contributed by atoms with Crippen molar-refractivity contribution in [2.24, 2.45) is 0 Å². The van der Waals surface area contributed by atoms with Crippen LogP contribution in [0.4, 0.5) is 15.8 Å². The number of carbonyl (C=O) groups is 1. The van der Waals surface area contributed by atoms with Gasteiger partial charge >= 0.3 is 5.69 Å². The first-order valence-electron chi connectivity index (χ1n) is 9.86. The summed E-state index contributed by atoms with van der Waals surface area (Å²) < 4.78 is 15.4. The van der Waals surface area contributed by atoms with Crippen molar-refractivity contribution in [1.82, 2.24) is 19.7 Å². The molecule has 2 heterocycles. The molecule has 0 fully saturated rings. The molecule has 172 valence electrons. The van der Waals surface area contributed by atoms with Crippen LogP contribution in [0.15, 0.2) is 72.1 Å². The molecular formula is C22H16ClFN6O3S. The molecule has 34 heavy (non-hydrogen) atoms. The minimum absolute atomic E-state index is 0.113. The number of halogens is 2. The van der Waals surface area contributed by atoms with Crippen molar-refractivity contribution in [2.45, 2.75) is 17.3 Å². The number of thioether (sulfide) groups is 1. The predicted molar refractivity (Wildman–Crippen MR) is 127 cm³/mol. The van der Waals surface area contributed by atoms with Gasteiger partial charge in [-0.25, -0.2) is 0 Å². The monoisotopic (exact) mass is 498 g/mol. The topological polar surface area (TPSA) is 116 Å². The van der Waals surface area contributed by atoms with Gasteiger partial charge in [0, 0.05) is 40.4 Å². The maximum Gasteiger partial charge on any atom is 0.306 e. The summed E-state index contributed by atoms with van der Waals surface area (Å²) in [5.74, 6) is -0.874. The van der Waals surface area contributed by atoms with Crippen molar-refractivity contribution in [1.29, 1.82) is 0 Å². The summed E-state index contributed by atoms with van der Waals surface area (Å²) >= 11 is 7.19. The van der Waals surface area contributed by atoms with Gasteiger partial charge in [0.2, 0.25) is 11.7 Å². The lowest BCUT2D eigenvalue weighted by Crippen LogP contribution is -2.23. The first kappa shape index (κ1) is 23.3. The number of hydrogen-bond donors (Lipinski definition) is 1. The Hall–Kier alpha value is -3.83. The number of nitro benzene ring substituents is 1. The zero-order valence-electron chi connectivity index (χ0n) is 17.6. The van der Waals surface area contributed by atoms with Gasteiger partial charge in [-0.2, -0.15) is 4.39 Å². The molecule has 2 aromatic heterocycles. The van der Waals surface area contributed by atoms with Crippen LogP contribution in [0.3, 0.4) is 0 Å². The lowest BCUT2D eigenvalue weighted by atomic mass is 10.2. The summed E-state index contributed by atoms with van der Waals surface area (Å²) in [6, 6.07) is 13.8. The van der Waals surface area contributed by atoms with E-state index >= 15 is 0 Å². The van der Waals surface area contributed by atoms with E-state index in [0.717, 1.165) is 35.1 Å². The van der Waals surface area contributed by atoms with Crippen LogP contribution in [0, 0.1) is 15.9 Å². The quantitative estimate of drug-likeness (QED) is 0.213. The van der Waals surface area contributed by atoms with Gasteiger partial charge in [0.25, 0.3) is 0 Å². The van der Waals surface area contributed by atoms with E-state index in [9.17, 15) is 19.3 Å². The van der Waals surface area contributed by atoms with E-state index < -0.39 is 27.6 Å². The van der Waals surface area contributed by atoms with Gasteiger partial charge in [-0.1, -0.05) is 23.4 Å². The number of carbonyl (C=O) groups excluding carboxylic acids is 1. The fourth-order valence-corrected chi connectivity index (χ4v) is 4.04. The summed E-state index contributed by atoms with van der Waals surface area (Å²) in [6.07, 6.45) is 3.28. The Bertz CT molecular complexity index is 1350. The van der Waals surface area contributed by atoms with Gasteiger partial charge < -0.3 is 5.32 Å². The van der Waals surface area contributed by atoms with Crippen molar-refractivity contribution >= 4 is 40.6 Å². The van der Waals surface area contributed by atoms with E-state index in [1.54, 1.807) is 48.1 Å². The van der Waals surface area contributed by atoms with Crippen LogP contribution in [0.1, 0.15) is 6.92 Å². The van der Waals surface area contributed by atoms with Crippen LogP contribution in [0.5, 0.6) is 0 Å². The van der Waals surface area contributed by atoms with Crippen molar-refractivity contribution < 1.29 is 14.1 Å². The number of nitrogens with one attached hydrogen (secondary N) is 1. The average Bonchev–Trinajstić information content (AvgIpc) is 3.24. The van der Waals surface area contributed by atoms with Crippen molar-refractivity contribution in [3.8, 4) is 17.1 Å². The second kappa shape index (κ2) is 9.98. The molecule has 1 N–H and O–H groups in total. The Morgan fingerprint density at radius 3 is 2.53 bits per heavy atom. The van der Waals surface area contributed by atoms with Crippen LogP contribution in [0.2, 0.25) is 5.02 Å². The molecule has 1 unspecified atom stereocenters. The molecule has 0 aliphatic heterocycles. The molecule has 4 aromatic rings. The summed E-state index contributed by atoms with van der Waals surface area (Å²) in [5.41, 5.74) is 0.912. The fourth-order valence-electron chi connectivity index (χ4n) is 3.04. The Labute approximate surface area is 202 Å². The molecule has 0 aliphatic carbocycles. The Balaban J connectivity index is 1.61. The van der Waals surface area contributed by atoms with Gasteiger partial charge in [0.1, 0.15) is 0 Å². The first-order chi connectivity index (χ1) is 16.3. The molecule has 9 nitrogen and oxygen atoms in total. The Kier molecular flexibility index (Phi) is 6.85. The second-order valence-corrected chi connectivity index (χ2v) is 8.77. The minimum Gasteiger partial charge on any atom is -0.325 e. The number of anilines is 1. The van der Waals surface area contributed by atoms with E-state index in [4.69, 9.17) is 11.6 Å². The van der Waals surface area contributed by atoms with E-state index in [1.807, 2.05) is 12.1 Å². The van der Waals surface area contributed by atoms with Gasteiger partial charge in [-0.3, -0.25) is 24.5 Å². The highest BCUT2D eigenvalue weighted by Gasteiger charge is 2.23. The number of pyridine rings is 1. The number of nitro groups is 1. The third-order valence-electron chi connectivity index (χ3n) is 4.72. The maximum atomic E-state index is 13.6. The van der Waals surface area contributed by atoms with Crippen LogP contribution in [0.25, 0.3) is 17.1 Å². The van der Waals surface area contributed by atoms with Crippen LogP contribution in [-0.4, -0.2) is 35.8 Å². The zero-order valence-corrected chi connectivity index (χ0v) is 19.1. The number of hydrogen-bond acceptors (Lipinski definition) is 7. The lowest BCUT2D eigenvalue weighted by molar-refractivity contribution is -0.387. The number of aromatic nitrogens is 4. The van der Waals surface area contributed by atoms with Crippen molar-refractivity contribution in [3.63, 3.8) is 0 Å². The van der Waals surface area contributed by atoms with Crippen molar-refractivity contribution in [2.75, 3.05) is 5.32 Å². The van der Waals surface area contributed by atoms with Gasteiger partial charge in [-0.05, 0) is 55.5 Å². The number of amides is 1. The van der Waals surface area contributed by atoms with E-state index in [-0.39, 0.29) is 5.69 Å². The highest BCUT2D eigenvalue weighted by atomic mass is 35.5. The number of rotatable bonds is 7. The molecule has 1 amide bonds. The highest BCUT2D eigenvalue weighted by Crippen LogP contribution is 2.31. The van der Waals surface area contributed by atoms with Crippen LogP contribution < -0.4 is 5.32 Å². The SMILES string of the molecule is CC(Sc1nnc(-c2ccncc2)n1-c1ccc(Cl)cc1)C(=O)Nc1ccc(F)c([N+](=O)[O-])c1. The maximum absolute atomic E-state index is 13.6. The average molecular weight is 499 g/mol. The number of nitrogens with zero attached hydrogens (tertiary/aromatic N) is 5. The summed E-state index contributed by atoms with van der Waals surface area (Å²) in [5, 5.41) is 22.5. The standard InChI is InChI=1S/C22H16ClFN6O3S/c1-13(21(31)26-16-4-7-18(24)19(12-16)30(32)33)34-22-28-27-20(14-8-10-25-11-9-14)29(22)17-5-2-15(23)3-6-17/h2-13H,1H3,(H,26,31). The minimum atomic E-state index is -0.981. The molecule has 0 spiro atoms. The molecule has 1 atom stereocenters. The first-order valence-corrected chi connectivity index (χ1v) is 11.1. The third-order valence-corrected chi connectivity index (χ3v) is 6.01. The molecule has 12 heteroatoms. The molecule has 0 saturated heterocycles. The molecule has 0 saturated carbocycles. The molecule has 0 aliphatic rings. The van der Waals surface area contributed by atoms with Gasteiger partial charge in [-0.15, -0.1) is 10.2 Å². The molecular weight excluding hydrogens is 483 g/mol. The fraction of sp³-hybridized carbons (Fsp3) is 0.0909. The second-order valence-electron chi connectivity index (χ2n) is 7.03. The summed E-state index contributed by atoms with van der Waals surface area (Å²) in [7, 11) is 0. The molecule has 2 aromatic carbocycles. The van der Waals surface area contributed by atoms with E-state index in [1.165, 1.54) is 6.07 Å². The van der Waals surface area contributed by atoms with Crippen LogP contribution in [-0.2, 0) is 4.79 Å². The van der Waals surface area contributed by atoms with Gasteiger partial charge in [0.15, 0.2) is 11.0 Å². The molecule has 0 bridgehead atoms. The van der Waals surface area contributed by atoms with E-state index in [2.05, 4.69) is 20.5 Å². The molecule has 4 rings (SSSR count). The van der Waals surface area contributed by atoms with Crippen LogP contribution >= 0.6 is 23.4 Å².